The number of nitro benzene ring substituents is 1. The zero-order valence-electron chi connectivity index (χ0n) is 15.7. The molecule has 0 unspecified atom stereocenters. The Morgan fingerprint density at radius 2 is 2.14 bits per heavy atom. The molecule has 1 aliphatic rings. The van der Waals surface area contributed by atoms with Crippen molar-refractivity contribution in [2.45, 2.75) is 20.3 Å². The minimum atomic E-state index is -0.773. The van der Waals surface area contributed by atoms with E-state index in [0.717, 1.165) is 0 Å². The first-order chi connectivity index (χ1) is 13.7. The van der Waals surface area contributed by atoms with Gasteiger partial charge in [-0.1, -0.05) is 11.2 Å². The number of carbonyl (C=O) groups excluding carboxylic acids is 3. The van der Waals surface area contributed by atoms with Gasteiger partial charge in [0.15, 0.2) is 12.4 Å². The van der Waals surface area contributed by atoms with Crippen LogP contribution in [-0.2, 0) is 19.1 Å². The molecular weight excluding hydrogens is 384 g/mol. The number of esters is 1. The van der Waals surface area contributed by atoms with Crippen molar-refractivity contribution in [1.82, 2.24) is 5.16 Å². The van der Waals surface area contributed by atoms with Gasteiger partial charge < -0.3 is 19.5 Å². The summed E-state index contributed by atoms with van der Waals surface area (Å²) in [4.78, 5) is 48.2. The van der Waals surface area contributed by atoms with Gasteiger partial charge in [-0.05, 0) is 19.9 Å². The number of aryl methyl sites for hydroxylation is 2. The lowest BCUT2D eigenvalue weighted by Gasteiger charge is -2.16. The van der Waals surface area contributed by atoms with E-state index in [1.807, 2.05) is 0 Å². The van der Waals surface area contributed by atoms with Crippen LogP contribution < -0.4 is 10.2 Å². The van der Waals surface area contributed by atoms with Crippen LogP contribution >= 0.6 is 0 Å². The number of nitrogens with one attached hydrogen (secondary N) is 1. The van der Waals surface area contributed by atoms with Crippen LogP contribution in [0.1, 0.15) is 17.7 Å². The fraction of sp³-hybridized carbons (Fsp3) is 0.333. The summed E-state index contributed by atoms with van der Waals surface area (Å²) in [5, 5.41) is 17.1. The number of nitro groups is 1. The van der Waals surface area contributed by atoms with Crippen molar-refractivity contribution in [3.8, 4) is 0 Å². The number of hydrogen-bond acceptors (Lipinski definition) is 8. The van der Waals surface area contributed by atoms with Gasteiger partial charge in [0, 0.05) is 30.7 Å². The Morgan fingerprint density at radius 1 is 1.38 bits per heavy atom. The van der Waals surface area contributed by atoms with Crippen molar-refractivity contribution >= 4 is 35.0 Å². The van der Waals surface area contributed by atoms with E-state index >= 15 is 0 Å². The van der Waals surface area contributed by atoms with Crippen molar-refractivity contribution < 1.29 is 28.6 Å². The zero-order chi connectivity index (χ0) is 21.1. The highest BCUT2D eigenvalue weighted by Gasteiger charge is 2.37. The van der Waals surface area contributed by atoms with Gasteiger partial charge in [0.05, 0.1) is 16.5 Å². The summed E-state index contributed by atoms with van der Waals surface area (Å²) in [5.41, 5.74) is 0.692. The molecule has 11 nitrogen and oxygen atoms in total. The highest BCUT2D eigenvalue weighted by Crippen LogP contribution is 2.30. The third-order valence-corrected chi connectivity index (χ3v) is 4.40. The highest BCUT2D eigenvalue weighted by molar-refractivity contribution is 6.00. The van der Waals surface area contributed by atoms with Gasteiger partial charge in [-0.3, -0.25) is 24.5 Å². The number of nitrogens with zero attached hydrogens (tertiary/aromatic N) is 3. The van der Waals surface area contributed by atoms with E-state index < -0.39 is 29.3 Å². The van der Waals surface area contributed by atoms with Crippen LogP contribution in [0.2, 0.25) is 0 Å². The normalized spacial score (nSPS) is 16.0. The third kappa shape index (κ3) is 4.57. The molecule has 29 heavy (non-hydrogen) atoms. The first-order valence-electron chi connectivity index (χ1n) is 8.70. The molecule has 1 saturated heterocycles. The molecule has 1 atom stereocenters. The summed E-state index contributed by atoms with van der Waals surface area (Å²) in [5.74, 6) is -1.71. The van der Waals surface area contributed by atoms with Crippen LogP contribution in [0.4, 0.5) is 17.2 Å². The molecule has 0 aliphatic carbocycles. The van der Waals surface area contributed by atoms with Gasteiger partial charge in [-0.25, -0.2) is 0 Å². The van der Waals surface area contributed by atoms with Crippen molar-refractivity contribution in [2.24, 2.45) is 5.92 Å². The summed E-state index contributed by atoms with van der Waals surface area (Å²) in [6, 6.07) is 5.94. The van der Waals surface area contributed by atoms with E-state index in [9.17, 15) is 24.5 Å². The minimum Gasteiger partial charge on any atom is -0.455 e. The number of benzene rings is 1. The van der Waals surface area contributed by atoms with E-state index in [4.69, 9.17) is 9.26 Å². The smallest absolute Gasteiger partial charge is 0.311 e. The van der Waals surface area contributed by atoms with E-state index in [2.05, 4.69) is 10.5 Å². The minimum absolute atomic E-state index is 0.0159. The van der Waals surface area contributed by atoms with Crippen molar-refractivity contribution in [2.75, 3.05) is 23.4 Å². The molecular formula is C18H18N4O7. The molecule has 0 bridgehead atoms. The fourth-order valence-electron chi connectivity index (χ4n) is 2.94. The van der Waals surface area contributed by atoms with Gasteiger partial charge in [-0.15, -0.1) is 0 Å². The molecule has 2 amide bonds. The highest BCUT2D eigenvalue weighted by atomic mass is 16.6. The average Bonchev–Trinajstić information content (AvgIpc) is 3.25. The van der Waals surface area contributed by atoms with Gasteiger partial charge in [-0.2, -0.15) is 0 Å². The Hall–Kier alpha value is -3.76. The molecule has 0 spiro atoms. The van der Waals surface area contributed by atoms with Crippen molar-refractivity contribution in [3.05, 3.63) is 45.7 Å². The summed E-state index contributed by atoms with van der Waals surface area (Å²) >= 11 is 0. The monoisotopic (exact) mass is 402 g/mol. The molecule has 0 saturated carbocycles. The van der Waals surface area contributed by atoms with Crippen LogP contribution in [0.3, 0.4) is 0 Å². The number of ether oxygens (including phenoxy) is 1. The van der Waals surface area contributed by atoms with Gasteiger partial charge in [0.1, 0.15) is 5.76 Å². The maximum Gasteiger partial charge on any atom is 0.311 e. The maximum absolute atomic E-state index is 12.3. The van der Waals surface area contributed by atoms with Crippen LogP contribution in [0.25, 0.3) is 0 Å². The lowest BCUT2D eigenvalue weighted by atomic mass is 10.1. The van der Waals surface area contributed by atoms with Crippen LogP contribution in [0.15, 0.2) is 28.8 Å². The van der Waals surface area contributed by atoms with Crippen LogP contribution in [0, 0.1) is 29.9 Å². The van der Waals surface area contributed by atoms with Crippen molar-refractivity contribution in [3.63, 3.8) is 0 Å². The van der Waals surface area contributed by atoms with Gasteiger partial charge in [0.2, 0.25) is 5.91 Å². The molecule has 3 rings (SSSR count). The van der Waals surface area contributed by atoms with E-state index in [-0.39, 0.29) is 30.4 Å². The maximum atomic E-state index is 12.3. The summed E-state index contributed by atoms with van der Waals surface area (Å²) < 4.78 is 9.79. The molecule has 11 heteroatoms. The van der Waals surface area contributed by atoms with Crippen molar-refractivity contribution in [1.29, 1.82) is 0 Å². The lowest BCUT2D eigenvalue weighted by molar-refractivity contribution is -0.385. The first-order valence-corrected chi connectivity index (χ1v) is 8.70. The van der Waals surface area contributed by atoms with Gasteiger partial charge in [0.25, 0.3) is 11.6 Å². The lowest BCUT2D eigenvalue weighted by Crippen LogP contribution is -2.28. The molecule has 1 aliphatic heterocycles. The standard InChI is InChI=1S/C18H18N4O7/c1-10-3-4-13(7-14(10)22(26)27)21-8-12(6-17(21)24)18(25)28-9-16(23)19-15-5-11(2)29-20-15/h3-5,7,12H,6,8-9H2,1-2H3,(H,19,20,23)/t12-/m0/s1. The predicted octanol–water partition coefficient (Wildman–Crippen LogP) is 1.73. The Morgan fingerprint density at radius 3 is 2.79 bits per heavy atom. The molecule has 0 radical (unpaired) electrons. The average molecular weight is 402 g/mol. The third-order valence-electron chi connectivity index (χ3n) is 4.40. The van der Waals surface area contributed by atoms with Gasteiger partial charge >= 0.3 is 5.97 Å². The number of carbonyl (C=O) groups is 3. The molecule has 1 aromatic carbocycles. The Labute approximate surface area is 164 Å². The second kappa shape index (κ2) is 8.09. The summed E-state index contributed by atoms with van der Waals surface area (Å²) in [7, 11) is 0. The Kier molecular flexibility index (Phi) is 5.57. The summed E-state index contributed by atoms with van der Waals surface area (Å²) in [6.45, 7) is 2.74. The topological polar surface area (TPSA) is 145 Å². The largest absolute Gasteiger partial charge is 0.455 e. The number of aromatic nitrogens is 1. The zero-order valence-corrected chi connectivity index (χ0v) is 15.7. The molecule has 1 fully saturated rings. The molecule has 2 aromatic rings. The van der Waals surface area contributed by atoms with Crippen LogP contribution in [-0.4, -0.2) is 41.0 Å². The molecule has 1 N–H and O–H groups in total. The SMILES string of the molecule is Cc1cc(NC(=O)COC(=O)[C@H]2CC(=O)N(c3ccc(C)c([N+](=O)[O-])c3)C2)no1. The Bertz CT molecular complexity index is 984. The number of hydrogen-bond donors (Lipinski definition) is 1. The van der Waals surface area contributed by atoms with E-state index in [1.165, 1.54) is 17.0 Å². The molecule has 1 aromatic heterocycles. The molecule has 2 heterocycles. The fourth-order valence-corrected chi connectivity index (χ4v) is 2.94. The van der Waals surface area contributed by atoms with Crippen LogP contribution in [0.5, 0.6) is 0 Å². The second-order valence-corrected chi connectivity index (χ2v) is 6.61. The summed E-state index contributed by atoms with van der Waals surface area (Å²) in [6.07, 6.45) is -0.107. The van der Waals surface area contributed by atoms with E-state index in [1.54, 1.807) is 26.0 Å². The number of anilines is 2. The Balaban J connectivity index is 1.58. The molecule has 152 valence electrons. The first kappa shape index (κ1) is 20.0. The number of amides is 2. The van der Waals surface area contributed by atoms with E-state index in [0.29, 0.717) is 17.0 Å². The quantitative estimate of drug-likeness (QED) is 0.437. The number of rotatable bonds is 6. The predicted molar refractivity (Wildman–Crippen MR) is 99.1 cm³/mol. The second-order valence-electron chi connectivity index (χ2n) is 6.61.